The van der Waals surface area contributed by atoms with Crippen molar-refractivity contribution in [2.24, 2.45) is 11.8 Å². The molecule has 26 heavy (non-hydrogen) atoms. The summed E-state index contributed by atoms with van der Waals surface area (Å²) in [5, 5.41) is 13.3. The number of hydrogen-bond acceptors (Lipinski definition) is 5. The van der Waals surface area contributed by atoms with E-state index < -0.39 is 0 Å². The number of rotatable bonds is 4. The summed E-state index contributed by atoms with van der Waals surface area (Å²) in [6, 6.07) is 11.8. The number of fused-ring (bicyclic) bond motifs is 1. The molecule has 0 spiro atoms. The fourth-order valence-corrected chi connectivity index (χ4v) is 3.78. The fraction of sp³-hybridized carbons (Fsp3) is 0.400. The van der Waals surface area contributed by atoms with Crippen molar-refractivity contribution < 1.29 is 0 Å². The molecule has 1 aliphatic rings. The average Bonchev–Trinajstić information content (AvgIpc) is 3.29. The number of hydrogen-bond donors (Lipinski definition) is 0. The topological polar surface area (TPSA) is 70.1 Å². The van der Waals surface area contributed by atoms with Gasteiger partial charge in [-0.3, -0.25) is 0 Å². The van der Waals surface area contributed by atoms with Gasteiger partial charge in [-0.25, -0.2) is 0 Å². The molecule has 0 amide bonds. The van der Waals surface area contributed by atoms with Gasteiger partial charge in [-0.2, -0.15) is 24.8 Å². The summed E-state index contributed by atoms with van der Waals surface area (Å²) in [6.07, 6.45) is 4.00. The third kappa shape index (κ3) is 3.13. The molecule has 6 heteroatoms. The van der Waals surface area contributed by atoms with Gasteiger partial charge < -0.3 is 4.90 Å². The van der Waals surface area contributed by atoms with Gasteiger partial charge in [0.05, 0.1) is 17.3 Å². The van der Waals surface area contributed by atoms with Gasteiger partial charge in [0.1, 0.15) is 12.1 Å². The van der Waals surface area contributed by atoms with Crippen LogP contribution in [0.25, 0.3) is 17.0 Å². The van der Waals surface area contributed by atoms with Crippen molar-refractivity contribution in [3.05, 3.63) is 42.2 Å². The summed E-state index contributed by atoms with van der Waals surface area (Å²) in [5.74, 6) is 3.01. The minimum absolute atomic E-state index is 0.606. The molecule has 132 valence electrons. The van der Waals surface area contributed by atoms with Crippen LogP contribution in [0.15, 0.2) is 36.7 Å². The SMILES string of the molecule is CC(C)CC1CCN(c2cc(-c3ccc(C#N)cc3)n3ncnc3n2)C1. The molecule has 1 unspecified atom stereocenters. The van der Waals surface area contributed by atoms with Crippen molar-refractivity contribution in [2.45, 2.75) is 26.7 Å². The van der Waals surface area contributed by atoms with E-state index in [1.54, 1.807) is 4.52 Å². The number of nitriles is 1. The lowest BCUT2D eigenvalue weighted by Crippen LogP contribution is -2.22. The van der Waals surface area contributed by atoms with Crippen molar-refractivity contribution >= 4 is 11.6 Å². The molecule has 3 heterocycles. The first-order valence-corrected chi connectivity index (χ1v) is 9.10. The number of benzene rings is 1. The summed E-state index contributed by atoms with van der Waals surface area (Å²) in [4.78, 5) is 11.4. The van der Waals surface area contributed by atoms with Gasteiger partial charge in [-0.15, -0.1) is 0 Å². The molecule has 0 bridgehead atoms. The van der Waals surface area contributed by atoms with Crippen LogP contribution in [0.5, 0.6) is 0 Å². The summed E-state index contributed by atoms with van der Waals surface area (Å²) >= 11 is 0. The van der Waals surface area contributed by atoms with Gasteiger partial charge in [0.25, 0.3) is 5.78 Å². The van der Waals surface area contributed by atoms with Crippen molar-refractivity contribution in [3.63, 3.8) is 0 Å². The van der Waals surface area contributed by atoms with Gasteiger partial charge >= 0.3 is 0 Å². The first-order valence-electron chi connectivity index (χ1n) is 9.10. The molecule has 0 aliphatic carbocycles. The van der Waals surface area contributed by atoms with Gasteiger partial charge in [-0.1, -0.05) is 26.0 Å². The second-order valence-corrected chi connectivity index (χ2v) is 7.39. The molecule has 4 rings (SSSR count). The Bertz CT molecular complexity index is 951. The van der Waals surface area contributed by atoms with Crippen molar-refractivity contribution in [2.75, 3.05) is 18.0 Å². The highest BCUT2D eigenvalue weighted by Crippen LogP contribution is 2.30. The van der Waals surface area contributed by atoms with Gasteiger partial charge in [-0.05, 0) is 36.8 Å². The zero-order chi connectivity index (χ0) is 18.1. The van der Waals surface area contributed by atoms with Crippen LogP contribution in [0.4, 0.5) is 5.82 Å². The standard InChI is InChI=1S/C20H22N6/c1-14(2)9-16-7-8-25(12-16)19-10-18(26-20(24-19)22-13-23-26)17-5-3-15(11-21)4-6-17/h3-6,10,13-14,16H,7-9,12H2,1-2H3. The van der Waals surface area contributed by atoms with Gasteiger partial charge in [0.15, 0.2) is 0 Å². The Morgan fingerprint density at radius 3 is 2.81 bits per heavy atom. The zero-order valence-electron chi connectivity index (χ0n) is 15.1. The summed E-state index contributed by atoms with van der Waals surface area (Å²) < 4.78 is 1.76. The van der Waals surface area contributed by atoms with Crippen LogP contribution in [0.2, 0.25) is 0 Å². The van der Waals surface area contributed by atoms with Crippen molar-refractivity contribution in [1.82, 2.24) is 19.6 Å². The summed E-state index contributed by atoms with van der Waals surface area (Å²) in [7, 11) is 0. The van der Waals surface area contributed by atoms with Crippen LogP contribution in [-0.4, -0.2) is 32.7 Å². The van der Waals surface area contributed by atoms with E-state index in [4.69, 9.17) is 10.2 Å². The fourth-order valence-electron chi connectivity index (χ4n) is 3.78. The van der Waals surface area contributed by atoms with E-state index in [0.29, 0.717) is 11.3 Å². The van der Waals surface area contributed by atoms with Crippen LogP contribution in [0.3, 0.4) is 0 Å². The van der Waals surface area contributed by atoms with Crippen LogP contribution >= 0.6 is 0 Å². The zero-order valence-corrected chi connectivity index (χ0v) is 15.1. The van der Waals surface area contributed by atoms with Crippen LogP contribution < -0.4 is 4.90 Å². The molecule has 2 aromatic heterocycles. The maximum atomic E-state index is 9.02. The number of aromatic nitrogens is 4. The molecule has 1 atom stereocenters. The van der Waals surface area contributed by atoms with E-state index in [-0.39, 0.29) is 0 Å². The minimum atomic E-state index is 0.606. The Morgan fingerprint density at radius 2 is 2.08 bits per heavy atom. The highest BCUT2D eigenvalue weighted by atomic mass is 15.3. The maximum absolute atomic E-state index is 9.02. The lowest BCUT2D eigenvalue weighted by molar-refractivity contribution is 0.441. The van der Waals surface area contributed by atoms with Crippen LogP contribution in [0.1, 0.15) is 32.3 Å². The average molecular weight is 346 g/mol. The highest BCUT2D eigenvalue weighted by Gasteiger charge is 2.25. The second-order valence-electron chi connectivity index (χ2n) is 7.39. The third-order valence-corrected chi connectivity index (χ3v) is 4.96. The normalized spacial score (nSPS) is 17.2. The molecule has 0 N–H and O–H groups in total. The number of anilines is 1. The van der Waals surface area contributed by atoms with E-state index in [9.17, 15) is 0 Å². The Balaban J connectivity index is 1.70. The van der Waals surface area contributed by atoms with Gasteiger partial charge in [0.2, 0.25) is 0 Å². The van der Waals surface area contributed by atoms with E-state index >= 15 is 0 Å². The summed E-state index contributed by atoms with van der Waals surface area (Å²) in [6.45, 7) is 6.64. The Kier molecular flexibility index (Phi) is 4.29. The predicted octanol–water partition coefficient (Wildman–Crippen LogP) is 3.54. The third-order valence-electron chi connectivity index (χ3n) is 4.96. The summed E-state index contributed by atoms with van der Waals surface area (Å²) in [5.41, 5.74) is 2.59. The first-order chi connectivity index (χ1) is 12.6. The maximum Gasteiger partial charge on any atom is 0.254 e. The molecule has 1 aromatic carbocycles. The molecular formula is C20H22N6. The minimum Gasteiger partial charge on any atom is -0.356 e. The largest absolute Gasteiger partial charge is 0.356 e. The van der Waals surface area contributed by atoms with E-state index in [1.807, 2.05) is 24.3 Å². The molecule has 1 aliphatic heterocycles. The van der Waals surface area contributed by atoms with Crippen molar-refractivity contribution in [3.8, 4) is 17.3 Å². The van der Waals surface area contributed by atoms with E-state index in [0.717, 1.165) is 42.0 Å². The molecule has 1 saturated heterocycles. The molecule has 0 radical (unpaired) electrons. The smallest absolute Gasteiger partial charge is 0.254 e. The van der Waals surface area contributed by atoms with E-state index in [2.05, 4.69) is 41.0 Å². The van der Waals surface area contributed by atoms with E-state index in [1.165, 1.54) is 19.2 Å². The van der Waals surface area contributed by atoms with Crippen molar-refractivity contribution in [1.29, 1.82) is 5.26 Å². The number of nitrogens with zero attached hydrogens (tertiary/aromatic N) is 6. The van der Waals surface area contributed by atoms with Gasteiger partial charge in [0, 0.05) is 24.7 Å². The first kappa shape index (κ1) is 16.5. The second kappa shape index (κ2) is 6.75. The lowest BCUT2D eigenvalue weighted by Gasteiger charge is -2.19. The van der Waals surface area contributed by atoms with Crippen LogP contribution in [0, 0.1) is 23.2 Å². The monoisotopic (exact) mass is 346 g/mol. The molecule has 1 fully saturated rings. The molecule has 0 saturated carbocycles. The Labute approximate surface area is 153 Å². The predicted molar refractivity (Wildman–Crippen MR) is 101 cm³/mol. The quantitative estimate of drug-likeness (QED) is 0.723. The Hall–Kier alpha value is -2.94. The Morgan fingerprint density at radius 1 is 1.27 bits per heavy atom. The van der Waals surface area contributed by atoms with Crippen LogP contribution in [-0.2, 0) is 0 Å². The lowest BCUT2D eigenvalue weighted by atomic mass is 9.97. The molecule has 6 nitrogen and oxygen atoms in total. The highest BCUT2D eigenvalue weighted by molar-refractivity contribution is 5.67. The molecular weight excluding hydrogens is 324 g/mol. The molecule has 3 aromatic rings.